The molecule has 0 spiro atoms. The van der Waals surface area contributed by atoms with Crippen LogP contribution in [0.1, 0.15) is 11.3 Å². The van der Waals surface area contributed by atoms with Crippen molar-refractivity contribution in [2.75, 3.05) is 6.61 Å². The van der Waals surface area contributed by atoms with Crippen molar-refractivity contribution in [2.45, 2.75) is 6.42 Å². The van der Waals surface area contributed by atoms with Crippen LogP contribution in [0.15, 0.2) is 42.6 Å². The number of rotatable bonds is 5. The average Bonchev–Trinajstić information content (AvgIpc) is 2.41. The average molecular weight is 274 g/mol. The third-order valence-corrected chi connectivity index (χ3v) is 2.77. The van der Waals surface area contributed by atoms with Gasteiger partial charge in [-0.05, 0) is 24.1 Å². The van der Waals surface area contributed by atoms with Crippen molar-refractivity contribution >= 4 is 17.2 Å². The summed E-state index contributed by atoms with van der Waals surface area (Å²) in [6.45, 7) is 0.0782. The van der Waals surface area contributed by atoms with Gasteiger partial charge in [-0.15, -0.1) is 0 Å². The Morgan fingerprint density at radius 2 is 2.11 bits per heavy atom. The Kier molecular flexibility index (Phi) is 4.43. The van der Waals surface area contributed by atoms with E-state index in [1.54, 1.807) is 18.3 Å². The van der Waals surface area contributed by atoms with Crippen LogP contribution in [0.2, 0.25) is 0 Å². The summed E-state index contributed by atoms with van der Waals surface area (Å²) in [4.78, 5) is 4.28. The zero-order valence-corrected chi connectivity index (χ0v) is 11.1. The topological polar surface area (TPSA) is 68.4 Å². The van der Waals surface area contributed by atoms with Crippen molar-refractivity contribution in [3.05, 3.63) is 53.9 Å². The minimum absolute atomic E-state index is 0.0782. The molecule has 19 heavy (non-hydrogen) atoms. The molecule has 0 atom stereocenters. The van der Waals surface area contributed by atoms with Crippen molar-refractivity contribution in [3.63, 3.8) is 0 Å². The van der Waals surface area contributed by atoms with E-state index in [1.807, 2.05) is 24.3 Å². The van der Waals surface area contributed by atoms with Gasteiger partial charge in [0, 0.05) is 18.9 Å². The Hall–Kier alpha value is -1.98. The molecule has 1 heterocycles. The van der Waals surface area contributed by atoms with Gasteiger partial charge in [0.25, 0.3) is 0 Å². The van der Waals surface area contributed by atoms with E-state index in [0.29, 0.717) is 23.6 Å². The lowest BCUT2D eigenvalue weighted by molar-refractivity contribution is 0.298. The van der Waals surface area contributed by atoms with Crippen LogP contribution in [0.3, 0.4) is 0 Å². The van der Waals surface area contributed by atoms with E-state index in [9.17, 15) is 0 Å². The molecule has 0 radical (unpaired) electrons. The molecule has 1 aromatic carbocycles. The number of hydrogen-bond donors (Lipinski definition) is 2. The van der Waals surface area contributed by atoms with Crippen LogP contribution in [0.25, 0.3) is 0 Å². The number of ether oxygens (including phenoxy) is 1. The van der Waals surface area contributed by atoms with E-state index in [0.717, 1.165) is 5.56 Å². The summed E-state index contributed by atoms with van der Waals surface area (Å²) in [5, 5.41) is 9.03. The molecule has 0 fully saturated rings. The van der Waals surface area contributed by atoms with Crippen LogP contribution in [-0.4, -0.2) is 21.7 Å². The van der Waals surface area contributed by atoms with Gasteiger partial charge in [-0.1, -0.05) is 30.4 Å². The van der Waals surface area contributed by atoms with Crippen molar-refractivity contribution in [2.24, 2.45) is 5.73 Å². The Morgan fingerprint density at radius 1 is 1.32 bits per heavy atom. The summed E-state index contributed by atoms with van der Waals surface area (Å²) in [7, 11) is 0. The van der Waals surface area contributed by atoms with Gasteiger partial charge in [-0.3, -0.25) is 4.98 Å². The van der Waals surface area contributed by atoms with Gasteiger partial charge in [-0.2, -0.15) is 0 Å². The maximum absolute atomic E-state index is 9.03. The predicted molar refractivity (Wildman–Crippen MR) is 77.4 cm³/mol. The maximum atomic E-state index is 9.03. The highest BCUT2D eigenvalue weighted by molar-refractivity contribution is 7.80. The van der Waals surface area contributed by atoms with E-state index in [4.69, 9.17) is 27.8 Å². The predicted octanol–water partition coefficient (Wildman–Crippen LogP) is 2.04. The molecule has 0 bridgehead atoms. The standard InChI is InChI=1S/C14H14N2O2S/c15-14(19)12-9-11(5-7-16-12)18-13-4-2-1-3-10(13)6-8-17/h1-5,7,9,17H,6,8H2,(H2,15,19). The summed E-state index contributed by atoms with van der Waals surface area (Å²) in [6.07, 6.45) is 2.14. The van der Waals surface area contributed by atoms with Crippen LogP contribution in [0.4, 0.5) is 0 Å². The highest BCUT2D eigenvalue weighted by Crippen LogP contribution is 2.25. The molecule has 0 aliphatic heterocycles. The number of pyridine rings is 1. The number of nitrogens with two attached hydrogens (primary N) is 1. The van der Waals surface area contributed by atoms with Crippen LogP contribution >= 0.6 is 12.2 Å². The largest absolute Gasteiger partial charge is 0.457 e. The quantitative estimate of drug-likeness (QED) is 0.817. The van der Waals surface area contributed by atoms with Gasteiger partial charge in [0.1, 0.15) is 22.2 Å². The molecule has 2 rings (SSSR count). The molecule has 0 aliphatic carbocycles. The summed E-state index contributed by atoms with van der Waals surface area (Å²) >= 11 is 4.88. The maximum Gasteiger partial charge on any atom is 0.131 e. The molecule has 2 aromatic rings. The molecule has 0 amide bonds. The Bertz CT molecular complexity index is 587. The van der Waals surface area contributed by atoms with E-state index in [2.05, 4.69) is 4.98 Å². The fourth-order valence-corrected chi connectivity index (χ4v) is 1.78. The van der Waals surface area contributed by atoms with Crippen LogP contribution < -0.4 is 10.5 Å². The molecule has 0 saturated heterocycles. The van der Waals surface area contributed by atoms with Gasteiger partial charge in [0.15, 0.2) is 0 Å². The minimum atomic E-state index is 0.0782. The summed E-state index contributed by atoms with van der Waals surface area (Å²) in [6, 6.07) is 11.0. The van der Waals surface area contributed by atoms with Crippen molar-refractivity contribution in [1.82, 2.24) is 4.98 Å². The first-order valence-electron chi connectivity index (χ1n) is 5.83. The second kappa shape index (κ2) is 6.26. The van der Waals surface area contributed by atoms with Crippen LogP contribution in [0, 0.1) is 0 Å². The third kappa shape index (κ3) is 3.49. The molecule has 98 valence electrons. The smallest absolute Gasteiger partial charge is 0.131 e. The number of aliphatic hydroxyl groups excluding tert-OH is 1. The number of nitrogens with zero attached hydrogens (tertiary/aromatic N) is 1. The zero-order valence-electron chi connectivity index (χ0n) is 10.2. The first-order chi connectivity index (χ1) is 9.20. The molecular formula is C14H14N2O2S. The van der Waals surface area contributed by atoms with Crippen LogP contribution in [0.5, 0.6) is 11.5 Å². The fraction of sp³-hybridized carbons (Fsp3) is 0.143. The van der Waals surface area contributed by atoms with Gasteiger partial charge in [0.05, 0.1) is 0 Å². The SMILES string of the molecule is NC(=S)c1cc(Oc2ccccc2CCO)ccn1. The number of para-hydroxylation sites is 1. The van der Waals surface area contributed by atoms with Crippen LogP contribution in [-0.2, 0) is 6.42 Å². The number of aliphatic hydroxyl groups is 1. The molecule has 0 unspecified atom stereocenters. The monoisotopic (exact) mass is 274 g/mol. The van der Waals surface area contributed by atoms with Crippen molar-refractivity contribution < 1.29 is 9.84 Å². The molecule has 4 nitrogen and oxygen atoms in total. The normalized spacial score (nSPS) is 10.2. The van der Waals surface area contributed by atoms with E-state index in [-0.39, 0.29) is 11.6 Å². The molecule has 0 saturated carbocycles. The van der Waals surface area contributed by atoms with E-state index < -0.39 is 0 Å². The summed E-state index contributed by atoms with van der Waals surface area (Å²) < 4.78 is 5.79. The highest BCUT2D eigenvalue weighted by Gasteiger charge is 2.06. The summed E-state index contributed by atoms with van der Waals surface area (Å²) in [5.41, 5.74) is 7.00. The molecule has 1 aromatic heterocycles. The number of thiocarbonyl (C=S) groups is 1. The Morgan fingerprint density at radius 3 is 2.84 bits per heavy atom. The molecule has 5 heteroatoms. The lowest BCUT2D eigenvalue weighted by atomic mass is 10.1. The number of hydrogen-bond acceptors (Lipinski definition) is 4. The van der Waals surface area contributed by atoms with Crippen molar-refractivity contribution in [1.29, 1.82) is 0 Å². The number of aromatic nitrogens is 1. The van der Waals surface area contributed by atoms with Gasteiger partial charge >= 0.3 is 0 Å². The van der Waals surface area contributed by atoms with Gasteiger partial charge in [-0.25, -0.2) is 0 Å². The van der Waals surface area contributed by atoms with E-state index >= 15 is 0 Å². The van der Waals surface area contributed by atoms with Crippen molar-refractivity contribution in [3.8, 4) is 11.5 Å². The Labute approximate surface area is 116 Å². The first-order valence-corrected chi connectivity index (χ1v) is 6.24. The highest BCUT2D eigenvalue weighted by atomic mass is 32.1. The second-order valence-corrected chi connectivity index (χ2v) is 4.36. The minimum Gasteiger partial charge on any atom is -0.457 e. The summed E-state index contributed by atoms with van der Waals surface area (Å²) in [5.74, 6) is 1.32. The van der Waals surface area contributed by atoms with E-state index in [1.165, 1.54) is 0 Å². The zero-order chi connectivity index (χ0) is 13.7. The second-order valence-electron chi connectivity index (χ2n) is 3.92. The van der Waals surface area contributed by atoms with Gasteiger partial charge in [0.2, 0.25) is 0 Å². The fourth-order valence-electron chi connectivity index (χ4n) is 1.67. The molecular weight excluding hydrogens is 260 g/mol. The number of benzene rings is 1. The third-order valence-electron chi connectivity index (χ3n) is 2.57. The first kappa shape index (κ1) is 13.5. The molecule has 0 aliphatic rings. The lowest BCUT2D eigenvalue weighted by Gasteiger charge is -2.10. The lowest BCUT2D eigenvalue weighted by Crippen LogP contribution is -2.11. The molecule has 3 N–H and O–H groups in total. The Balaban J connectivity index is 2.26. The van der Waals surface area contributed by atoms with Gasteiger partial charge < -0.3 is 15.6 Å².